The predicted molar refractivity (Wildman–Crippen MR) is 120 cm³/mol. The summed E-state index contributed by atoms with van der Waals surface area (Å²) >= 11 is 0. The summed E-state index contributed by atoms with van der Waals surface area (Å²) in [6, 6.07) is 19.8. The third kappa shape index (κ3) is 5.85. The Morgan fingerprint density at radius 2 is 1.47 bits per heavy atom. The van der Waals surface area contributed by atoms with Crippen LogP contribution in [-0.2, 0) is 13.2 Å². The van der Waals surface area contributed by atoms with E-state index in [1.165, 1.54) is 5.56 Å². The second-order valence-corrected chi connectivity index (χ2v) is 8.32. The minimum Gasteiger partial charge on any atom is -0.491 e. The lowest BCUT2D eigenvalue weighted by molar-refractivity contribution is 0.0284. The number of hydrogen-bond donors (Lipinski definition) is 2. The zero-order chi connectivity index (χ0) is 21.7. The molecule has 0 aliphatic rings. The van der Waals surface area contributed by atoms with Gasteiger partial charge < -0.3 is 19.7 Å². The number of aliphatic hydroxyl groups is 2. The van der Waals surface area contributed by atoms with Crippen LogP contribution in [0.25, 0.3) is 11.1 Å². The quantitative estimate of drug-likeness (QED) is 0.540. The fourth-order valence-electron chi connectivity index (χ4n) is 3.40. The second-order valence-electron chi connectivity index (χ2n) is 8.32. The minimum atomic E-state index is -0.868. The Labute approximate surface area is 178 Å². The van der Waals surface area contributed by atoms with Gasteiger partial charge in [0.15, 0.2) is 0 Å². The van der Waals surface area contributed by atoms with Gasteiger partial charge in [0.05, 0.1) is 12.2 Å². The van der Waals surface area contributed by atoms with Crippen LogP contribution >= 0.6 is 0 Å². The van der Waals surface area contributed by atoms with E-state index in [-0.39, 0.29) is 13.2 Å². The van der Waals surface area contributed by atoms with Gasteiger partial charge in [-0.25, -0.2) is 0 Å². The molecule has 0 bridgehead atoms. The number of rotatable bonds is 8. The molecule has 0 aliphatic heterocycles. The maximum Gasteiger partial charge on any atom is 0.120 e. The van der Waals surface area contributed by atoms with Gasteiger partial charge in [-0.2, -0.15) is 0 Å². The van der Waals surface area contributed by atoms with Gasteiger partial charge in [-0.3, -0.25) is 0 Å². The highest BCUT2D eigenvalue weighted by molar-refractivity contribution is 5.72. The van der Waals surface area contributed by atoms with Crippen molar-refractivity contribution in [1.29, 1.82) is 0 Å². The molecule has 4 nitrogen and oxygen atoms in total. The molecule has 3 aromatic carbocycles. The summed E-state index contributed by atoms with van der Waals surface area (Å²) in [7, 11) is 0. The summed E-state index contributed by atoms with van der Waals surface area (Å²) in [5, 5.41) is 19.0. The third-order valence-electron chi connectivity index (χ3n) is 4.83. The summed E-state index contributed by atoms with van der Waals surface area (Å²) in [4.78, 5) is 0. The van der Waals surface area contributed by atoms with Crippen LogP contribution in [0.4, 0.5) is 0 Å². The fraction of sp³-hybridized carbons (Fsp3) is 0.308. The molecule has 158 valence electrons. The van der Waals surface area contributed by atoms with Crippen LogP contribution in [0.15, 0.2) is 60.7 Å². The molecule has 0 atom stereocenters. The molecule has 4 heteroatoms. The topological polar surface area (TPSA) is 58.9 Å². The number of ether oxygens (including phenoxy) is 2. The third-order valence-corrected chi connectivity index (χ3v) is 4.83. The molecule has 0 amide bonds. The van der Waals surface area contributed by atoms with Crippen molar-refractivity contribution in [2.45, 2.75) is 46.5 Å². The molecule has 0 heterocycles. The summed E-state index contributed by atoms with van der Waals surface area (Å²) in [6.45, 7) is 8.36. The van der Waals surface area contributed by atoms with Gasteiger partial charge in [-0.15, -0.1) is 0 Å². The first-order valence-electron chi connectivity index (χ1n) is 10.1. The predicted octanol–water partition coefficient (Wildman–Crippen LogP) is 5.19. The highest BCUT2D eigenvalue weighted by Gasteiger charge is 2.15. The standard InChI is InChI=1S/C26H30O4/c1-18-12-24(30-17-26(3,4)28)13-19(2)25(18)22-7-5-6-21(14-22)16-29-23-10-8-20(15-27)9-11-23/h5-14,27-28H,15-17H2,1-4H3. The summed E-state index contributed by atoms with van der Waals surface area (Å²) in [6.07, 6.45) is 0. The number of benzene rings is 3. The average Bonchev–Trinajstić information content (AvgIpc) is 2.70. The van der Waals surface area contributed by atoms with Crippen LogP contribution in [0.3, 0.4) is 0 Å². The molecule has 0 aliphatic carbocycles. The molecule has 3 rings (SSSR count). The van der Waals surface area contributed by atoms with Gasteiger partial charge in [0.25, 0.3) is 0 Å². The van der Waals surface area contributed by atoms with E-state index < -0.39 is 5.60 Å². The minimum absolute atomic E-state index is 0.0304. The zero-order valence-electron chi connectivity index (χ0n) is 18.1. The molecule has 0 aromatic heterocycles. The van der Waals surface area contributed by atoms with E-state index >= 15 is 0 Å². The monoisotopic (exact) mass is 406 g/mol. The van der Waals surface area contributed by atoms with Crippen molar-refractivity contribution >= 4 is 0 Å². The van der Waals surface area contributed by atoms with Crippen LogP contribution < -0.4 is 9.47 Å². The molecule has 2 N–H and O–H groups in total. The largest absolute Gasteiger partial charge is 0.491 e. The van der Waals surface area contributed by atoms with Crippen LogP contribution in [0, 0.1) is 13.8 Å². The average molecular weight is 407 g/mol. The van der Waals surface area contributed by atoms with E-state index in [2.05, 4.69) is 32.0 Å². The molecule has 0 spiro atoms. The van der Waals surface area contributed by atoms with Crippen molar-refractivity contribution in [2.24, 2.45) is 0 Å². The molecule has 0 fully saturated rings. The van der Waals surface area contributed by atoms with Gasteiger partial charge in [0.1, 0.15) is 24.7 Å². The molecular weight excluding hydrogens is 376 g/mol. The molecule has 30 heavy (non-hydrogen) atoms. The van der Waals surface area contributed by atoms with Crippen LogP contribution in [0.5, 0.6) is 11.5 Å². The lowest BCUT2D eigenvalue weighted by Crippen LogP contribution is -2.27. The highest BCUT2D eigenvalue weighted by Crippen LogP contribution is 2.32. The Morgan fingerprint density at radius 1 is 0.800 bits per heavy atom. The summed E-state index contributed by atoms with van der Waals surface area (Å²) < 4.78 is 11.7. The number of hydrogen-bond acceptors (Lipinski definition) is 4. The molecule has 0 saturated heterocycles. The van der Waals surface area contributed by atoms with E-state index in [4.69, 9.17) is 14.6 Å². The fourth-order valence-corrected chi connectivity index (χ4v) is 3.40. The van der Waals surface area contributed by atoms with Crippen molar-refractivity contribution in [3.05, 3.63) is 82.9 Å². The molecule has 0 saturated carbocycles. The Bertz CT molecular complexity index is 962. The van der Waals surface area contributed by atoms with Gasteiger partial charge in [0, 0.05) is 0 Å². The number of aliphatic hydroxyl groups excluding tert-OH is 1. The van der Waals surface area contributed by atoms with E-state index in [0.29, 0.717) is 6.61 Å². The Hall–Kier alpha value is -2.82. The van der Waals surface area contributed by atoms with E-state index in [1.807, 2.05) is 42.5 Å². The normalized spacial score (nSPS) is 11.4. The van der Waals surface area contributed by atoms with Crippen LogP contribution in [0.2, 0.25) is 0 Å². The van der Waals surface area contributed by atoms with Gasteiger partial charge >= 0.3 is 0 Å². The smallest absolute Gasteiger partial charge is 0.120 e. The van der Waals surface area contributed by atoms with E-state index in [0.717, 1.165) is 39.3 Å². The van der Waals surface area contributed by atoms with Crippen molar-refractivity contribution < 1.29 is 19.7 Å². The van der Waals surface area contributed by atoms with Gasteiger partial charge in [-0.1, -0.05) is 30.3 Å². The maximum absolute atomic E-state index is 9.89. The highest BCUT2D eigenvalue weighted by atomic mass is 16.5. The molecular formula is C26H30O4. The lowest BCUT2D eigenvalue weighted by atomic mass is 9.94. The van der Waals surface area contributed by atoms with E-state index in [9.17, 15) is 5.11 Å². The van der Waals surface area contributed by atoms with Crippen molar-refractivity contribution in [2.75, 3.05) is 6.61 Å². The Balaban J connectivity index is 1.76. The molecule has 3 aromatic rings. The summed E-state index contributed by atoms with van der Waals surface area (Å²) in [5.41, 5.74) is 5.64. The maximum atomic E-state index is 9.89. The Kier molecular flexibility index (Phi) is 6.80. The molecule has 0 radical (unpaired) electrons. The Morgan fingerprint density at radius 3 is 2.07 bits per heavy atom. The van der Waals surface area contributed by atoms with Crippen molar-refractivity contribution in [1.82, 2.24) is 0 Å². The summed E-state index contributed by atoms with van der Waals surface area (Å²) in [5.74, 6) is 1.54. The van der Waals surface area contributed by atoms with Crippen molar-refractivity contribution in [3.63, 3.8) is 0 Å². The first-order valence-corrected chi connectivity index (χ1v) is 10.1. The lowest BCUT2D eigenvalue weighted by Gasteiger charge is -2.19. The number of aryl methyl sites for hydroxylation is 2. The SMILES string of the molecule is Cc1cc(OCC(C)(C)O)cc(C)c1-c1cccc(COc2ccc(CO)cc2)c1. The van der Waals surface area contributed by atoms with Gasteiger partial charge in [0.2, 0.25) is 0 Å². The zero-order valence-corrected chi connectivity index (χ0v) is 18.1. The van der Waals surface area contributed by atoms with Crippen LogP contribution in [0.1, 0.15) is 36.1 Å². The van der Waals surface area contributed by atoms with Gasteiger partial charge in [-0.05, 0) is 91.4 Å². The second kappa shape index (κ2) is 9.33. The van der Waals surface area contributed by atoms with E-state index in [1.54, 1.807) is 13.8 Å². The first-order chi connectivity index (χ1) is 14.2. The first kappa shape index (κ1) is 21.9. The molecule has 0 unspecified atom stereocenters. The van der Waals surface area contributed by atoms with Crippen LogP contribution in [-0.4, -0.2) is 22.4 Å². The van der Waals surface area contributed by atoms with Crippen molar-refractivity contribution in [3.8, 4) is 22.6 Å².